The summed E-state index contributed by atoms with van der Waals surface area (Å²) in [7, 11) is -3.42. The maximum atomic E-state index is 12.7. The Morgan fingerprint density at radius 2 is 2.00 bits per heavy atom. The van der Waals surface area contributed by atoms with E-state index in [1.54, 1.807) is 28.6 Å². The Labute approximate surface area is 139 Å². The highest BCUT2D eigenvalue weighted by Crippen LogP contribution is 2.26. The summed E-state index contributed by atoms with van der Waals surface area (Å²) in [5.41, 5.74) is 0. The van der Waals surface area contributed by atoms with Crippen LogP contribution in [0.4, 0.5) is 0 Å². The zero-order chi connectivity index (χ0) is 16.9. The molecular formula is C17H26N2O3S. The lowest BCUT2D eigenvalue weighted by atomic mass is 9.94. The fraction of sp³-hybridized carbons (Fsp3) is 0.588. The molecule has 6 heteroatoms. The van der Waals surface area contributed by atoms with E-state index < -0.39 is 10.0 Å². The van der Waals surface area contributed by atoms with Gasteiger partial charge in [0.25, 0.3) is 0 Å². The van der Waals surface area contributed by atoms with Gasteiger partial charge in [-0.25, -0.2) is 8.42 Å². The molecule has 0 spiro atoms. The number of nitrogens with zero attached hydrogens (tertiary/aromatic N) is 1. The Morgan fingerprint density at radius 1 is 1.30 bits per heavy atom. The van der Waals surface area contributed by atoms with E-state index in [-0.39, 0.29) is 17.9 Å². The molecule has 1 unspecified atom stereocenters. The molecule has 2 rings (SSSR count). The Morgan fingerprint density at radius 3 is 2.65 bits per heavy atom. The van der Waals surface area contributed by atoms with Gasteiger partial charge >= 0.3 is 0 Å². The van der Waals surface area contributed by atoms with E-state index >= 15 is 0 Å². The summed E-state index contributed by atoms with van der Waals surface area (Å²) in [4.78, 5) is 12.1. The summed E-state index contributed by atoms with van der Waals surface area (Å²) in [6.45, 7) is 4.94. The van der Waals surface area contributed by atoms with Gasteiger partial charge in [-0.2, -0.15) is 4.31 Å². The minimum atomic E-state index is -3.42. The number of nitrogens with one attached hydrogen (secondary N) is 1. The van der Waals surface area contributed by atoms with Gasteiger partial charge in [-0.1, -0.05) is 18.2 Å². The molecule has 1 N–H and O–H groups in total. The molecule has 23 heavy (non-hydrogen) atoms. The molecule has 1 amide bonds. The summed E-state index contributed by atoms with van der Waals surface area (Å²) in [6.07, 6.45) is 3.03. The van der Waals surface area contributed by atoms with Crippen molar-refractivity contribution in [1.82, 2.24) is 9.62 Å². The van der Waals surface area contributed by atoms with Crippen LogP contribution in [0.1, 0.15) is 39.5 Å². The third kappa shape index (κ3) is 5.04. The van der Waals surface area contributed by atoms with E-state index in [1.807, 2.05) is 19.9 Å². The normalized spacial score (nSPS) is 19.7. The minimum Gasteiger partial charge on any atom is -0.354 e. The molecule has 0 saturated carbocycles. The summed E-state index contributed by atoms with van der Waals surface area (Å²) < 4.78 is 26.9. The summed E-state index contributed by atoms with van der Waals surface area (Å²) in [5.74, 6) is 0.295. The number of sulfonamides is 1. The molecule has 1 atom stereocenters. The molecule has 128 valence electrons. The number of hydrogen-bond donors (Lipinski definition) is 1. The number of amides is 1. The van der Waals surface area contributed by atoms with Crippen molar-refractivity contribution in [1.29, 1.82) is 0 Å². The molecule has 1 heterocycles. The van der Waals surface area contributed by atoms with Crippen molar-refractivity contribution in [2.45, 2.75) is 50.5 Å². The summed E-state index contributed by atoms with van der Waals surface area (Å²) >= 11 is 0. The van der Waals surface area contributed by atoms with Crippen LogP contribution in [-0.2, 0) is 14.8 Å². The van der Waals surface area contributed by atoms with Gasteiger partial charge in [-0.15, -0.1) is 0 Å². The zero-order valence-corrected chi connectivity index (χ0v) is 14.7. The molecule has 1 aromatic carbocycles. The fourth-order valence-electron chi connectivity index (χ4n) is 2.95. The standard InChI is InChI=1S/C17H26N2O3S/c1-14(2)18-17(20)11-10-15-7-6-12-19(13-15)23(21,22)16-8-4-3-5-9-16/h3-5,8-9,14-15H,6-7,10-13H2,1-2H3,(H,18,20). The highest BCUT2D eigenvalue weighted by atomic mass is 32.2. The highest BCUT2D eigenvalue weighted by Gasteiger charge is 2.30. The predicted molar refractivity (Wildman–Crippen MR) is 90.4 cm³/mol. The predicted octanol–water partition coefficient (Wildman–Crippen LogP) is 2.39. The van der Waals surface area contributed by atoms with Gasteiger partial charge in [0.2, 0.25) is 15.9 Å². The number of rotatable bonds is 6. The quantitative estimate of drug-likeness (QED) is 0.866. The smallest absolute Gasteiger partial charge is 0.243 e. The number of hydrogen-bond acceptors (Lipinski definition) is 3. The van der Waals surface area contributed by atoms with Crippen molar-refractivity contribution in [2.75, 3.05) is 13.1 Å². The average molecular weight is 338 g/mol. The lowest BCUT2D eigenvalue weighted by Gasteiger charge is -2.32. The maximum absolute atomic E-state index is 12.7. The van der Waals surface area contributed by atoms with E-state index in [1.165, 1.54) is 0 Å². The first-order valence-corrected chi connectivity index (χ1v) is 9.68. The second-order valence-electron chi connectivity index (χ2n) is 6.45. The lowest BCUT2D eigenvalue weighted by Crippen LogP contribution is -2.40. The van der Waals surface area contributed by atoms with Crippen LogP contribution in [0.15, 0.2) is 35.2 Å². The van der Waals surface area contributed by atoms with E-state index in [0.29, 0.717) is 24.4 Å². The van der Waals surface area contributed by atoms with E-state index in [0.717, 1.165) is 19.3 Å². The van der Waals surface area contributed by atoms with Crippen LogP contribution >= 0.6 is 0 Å². The molecule has 1 aromatic rings. The number of carbonyl (C=O) groups excluding carboxylic acids is 1. The highest BCUT2D eigenvalue weighted by molar-refractivity contribution is 7.89. The molecular weight excluding hydrogens is 312 g/mol. The third-order valence-corrected chi connectivity index (χ3v) is 5.97. The first-order valence-electron chi connectivity index (χ1n) is 8.24. The van der Waals surface area contributed by atoms with Gasteiger partial charge in [0.05, 0.1) is 4.90 Å². The van der Waals surface area contributed by atoms with Gasteiger partial charge in [0, 0.05) is 25.6 Å². The minimum absolute atomic E-state index is 0.0445. The second kappa shape index (κ2) is 7.93. The number of carbonyl (C=O) groups is 1. The SMILES string of the molecule is CC(C)NC(=O)CCC1CCCN(S(=O)(=O)c2ccccc2)C1. The van der Waals surface area contributed by atoms with Gasteiger partial charge in [0.15, 0.2) is 0 Å². The first-order chi connectivity index (χ1) is 10.9. The lowest BCUT2D eigenvalue weighted by molar-refractivity contribution is -0.121. The summed E-state index contributed by atoms with van der Waals surface area (Å²) in [5, 5.41) is 2.88. The molecule has 0 bridgehead atoms. The van der Waals surface area contributed by atoms with Crippen LogP contribution in [0.25, 0.3) is 0 Å². The number of piperidine rings is 1. The van der Waals surface area contributed by atoms with Crippen molar-refractivity contribution in [3.8, 4) is 0 Å². The van der Waals surface area contributed by atoms with Gasteiger partial charge in [-0.05, 0) is 51.2 Å². The number of benzene rings is 1. The maximum Gasteiger partial charge on any atom is 0.243 e. The Balaban J connectivity index is 1.94. The van der Waals surface area contributed by atoms with Crippen LogP contribution in [0, 0.1) is 5.92 Å². The van der Waals surface area contributed by atoms with E-state index in [2.05, 4.69) is 5.32 Å². The molecule has 0 aliphatic carbocycles. The second-order valence-corrected chi connectivity index (χ2v) is 8.38. The van der Waals surface area contributed by atoms with Gasteiger partial charge in [-0.3, -0.25) is 4.79 Å². The first kappa shape index (κ1) is 17.9. The molecule has 1 aliphatic rings. The monoisotopic (exact) mass is 338 g/mol. The van der Waals surface area contributed by atoms with E-state index in [9.17, 15) is 13.2 Å². The van der Waals surface area contributed by atoms with Gasteiger partial charge in [0.1, 0.15) is 0 Å². The Bertz CT molecular complexity index is 614. The topological polar surface area (TPSA) is 66.5 Å². The van der Waals surface area contributed by atoms with Crippen LogP contribution in [0.2, 0.25) is 0 Å². The zero-order valence-electron chi connectivity index (χ0n) is 13.9. The van der Waals surface area contributed by atoms with E-state index in [4.69, 9.17) is 0 Å². The molecule has 1 fully saturated rings. The summed E-state index contributed by atoms with van der Waals surface area (Å²) in [6, 6.07) is 8.70. The molecule has 0 aromatic heterocycles. The fourth-order valence-corrected chi connectivity index (χ4v) is 4.53. The molecule has 1 aliphatic heterocycles. The van der Waals surface area contributed by atoms with Crippen LogP contribution < -0.4 is 5.32 Å². The largest absolute Gasteiger partial charge is 0.354 e. The van der Waals surface area contributed by atoms with Crippen molar-refractivity contribution in [2.24, 2.45) is 5.92 Å². The van der Waals surface area contributed by atoms with Gasteiger partial charge < -0.3 is 5.32 Å². The average Bonchev–Trinajstić information content (AvgIpc) is 2.53. The van der Waals surface area contributed by atoms with Crippen LogP contribution in [-0.4, -0.2) is 37.8 Å². The Hall–Kier alpha value is -1.40. The molecule has 1 saturated heterocycles. The molecule has 5 nitrogen and oxygen atoms in total. The third-order valence-electron chi connectivity index (χ3n) is 4.09. The van der Waals surface area contributed by atoms with Crippen molar-refractivity contribution in [3.05, 3.63) is 30.3 Å². The Kier molecular flexibility index (Phi) is 6.18. The molecule has 0 radical (unpaired) electrons. The van der Waals surface area contributed by atoms with Crippen molar-refractivity contribution in [3.63, 3.8) is 0 Å². The van der Waals surface area contributed by atoms with Crippen LogP contribution in [0.3, 0.4) is 0 Å². The van der Waals surface area contributed by atoms with Crippen molar-refractivity contribution < 1.29 is 13.2 Å². The van der Waals surface area contributed by atoms with Crippen molar-refractivity contribution >= 4 is 15.9 Å². The van der Waals surface area contributed by atoms with Crippen LogP contribution in [0.5, 0.6) is 0 Å².